The van der Waals surface area contributed by atoms with E-state index in [1.165, 1.54) is 0 Å². The Morgan fingerprint density at radius 2 is 2.20 bits per heavy atom. The molecule has 1 fully saturated rings. The summed E-state index contributed by atoms with van der Waals surface area (Å²) < 4.78 is 0. The van der Waals surface area contributed by atoms with Crippen LogP contribution in [0.5, 0.6) is 0 Å². The number of nitrogens with one attached hydrogen (secondary N) is 2. The third-order valence-corrected chi connectivity index (χ3v) is 3.94. The van der Waals surface area contributed by atoms with Crippen LogP contribution in [0.15, 0.2) is 5.10 Å². The predicted octanol–water partition coefficient (Wildman–Crippen LogP) is 1.49. The molecule has 1 heterocycles. The molecule has 15 heavy (non-hydrogen) atoms. The van der Waals surface area contributed by atoms with Crippen LogP contribution in [0.3, 0.4) is 0 Å². The lowest BCUT2D eigenvalue weighted by molar-refractivity contribution is -0.120. The van der Waals surface area contributed by atoms with Crippen molar-refractivity contribution in [1.82, 2.24) is 10.7 Å². The Morgan fingerprint density at radius 3 is 2.67 bits per heavy atom. The van der Waals surface area contributed by atoms with Gasteiger partial charge >= 0.3 is 0 Å². The Balaban J connectivity index is 1.84. The number of amidine groups is 1. The van der Waals surface area contributed by atoms with Gasteiger partial charge in [-0.05, 0) is 18.3 Å². The molecule has 0 spiro atoms. The summed E-state index contributed by atoms with van der Waals surface area (Å²) in [5, 5.41) is 7.94. The smallest absolute Gasteiger partial charge is 0.229 e. The van der Waals surface area contributed by atoms with E-state index in [-0.39, 0.29) is 22.6 Å². The summed E-state index contributed by atoms with van der Waals surface area (Å²) in [6.45, 7) is 6.45. The number of thioether (sulfide) groups is 1. The van der Waals surface area contributed by atoms with Crippen LogP contribution in [-0.4, -0.2) is 16.4 Å². The van der Waals surface area contributed by atoms with E-state index in [4.69, 9.17) is 0 Å². The fraction of sp³-hybridized carbons (Fsp3) is 0.800. The van der Waals surface area contributed by atoms with Crippen LogP contribution in [-0.2, 0) is 4.79 Å². The zero-order chi connectivity index (χ0) is 11.1. The number of amides is 1. The highest BCUT2D eigenvalue weighted by molar-refractivity contribution is 8.14. The van der Waals surface area contributed by atoms with Crippen LogP contribution in [0.4, 0.5) is 0 Å². The average Bonchev–Trinajstić information content (AvgIpc) is 2.86. The molecule has 0 aromatic heterocycles. The van der Waals surface area contributed by atoms with Crippen LogP contribution >= 0.6 is 11.8 Å². The van der Waals surface area contributed by atoms with Crippen LogP contribution in [0, 0.1) is 11.3 Å². The average molecular weight is 227 g/mol. The second-order valence-electron chi connectivity index (χ2n) is 5.17. The normalized spacial score (nSPS) is 25.8. The monoisotopic (exact) mass is 227 g/mol. The van der Waals surface area contributed by atoms with Gasteiger partial charge < -0.3 is 5.32 Å². The quantitative estimate of drug-likeness (QED) is 0.713. The molecule has 5 heteroatoms. The zero-order valence-corrected chi connectivity index (χ0v) is 10.1. The molecule has 4 nitrogen and oxygen atoms in total. The Morgan fingerprint density at radius 1 is 1.53 bits per heavy atom. The lowest BCUT2D eigenvalue weighted by Gasteiger charge is -2.24. The summed E-state index contributed by atoms with van der Waals surface area (Å²) >= 11 is 1.60. The number of hydrogen-bond donors (Lipinski definition) is 2. The molecule has 0 radical (unpaired) electrons. The van der Waals surface area contributed by atoms with Gasteiger partial charge in [-0.25, -0.2) is 0 Å². The lowest BCUT2D eigenvalue weighted by Crippen LogP contribution is -2.32. The molecule has 1 amide bonds. The molecule has 2 aliphatic rings. The Bertz CT molecular complexity index is 304. The molecule has 1 atom stereocenters. The van der Waals surface area contributed by atoms with E-state index in [9.17, 15) is 4.79 Å². The Labute approximate surface area is 94.3 Å². The number of hydrazone groups is 1. The molecule has 0 saturated heterocycles. The van der Waals surface area contributed by atoms with Crippen molar-refractivity contribution in [2.45, 2.75) is 39.0 Å². The molecule has 0 bridgehead atoms. The number of hydrogen-bond acceptors (Lipinski definition) is 4. The van der Waals surface area contributed by atoms with Crippen LogP contribution in [0.25, 0.3) is 0 Å². The fourth-order valence-electron chi connectivity index (χ4n) is 1.26. The number of rotatable bonds is 1. The molecule has 84 valence electrons. The van der Waals surface area contributed by atoms with Crippen molar-refractivity contribution in [3.63, 3.8) is 0 Å². The van der Waals surface area contributed by atoms with E-state index in [0.717, 1.165) is 12.8 Å². The van der Waals surface area contributed by atoms with Gasteiger partial charge in [0.2, 0.25) is 5.91 Å². The second kappa shape index (κ2) is 3.70. The summed E-state index contributed by atoms with van der Waals surface area (Å²) in [4.78, 5) is 11.5. The first-order valence-electron chi connectivity index (χ1n) is 5.27. The summed E-state index contributed by atoms with van der Waals surface area (Å²) in [6.07, 6.45) is 2.06. The molecule has 1 unspecified atom stereocenters. The van der Waals surface area contributed by atoms with Gasteiger partial charge in [-0.3, -0.25) is 10.2 Å². The van der Waals surface area contributed by atoms with Gasteiger partial charge in [0.15, 0.2) is 5.17 Å². The molecule has 2 N–H and O–H groups in total. The van der Waals surface area contributed by atoms with Gasteiger partial charge in [-0.2, -0.15) is 5.10 Å². The summed E-state index contributed by atoms with van der Waals surface area (Å²) in [5.74, 6) is 0.361. The van der Waals surface area contributed by atoms with E-state index in [0.29, 0.717) is 5.17 Å². The maximum atomic E-state index is 11.5. The van der Waals surface area contributed by atoms with Gasteiger partial charge in [-0.1, -0.05) is 32.5 Å². The van der Waals surface area contributed by atoms with Crippen molar-refractivity contribution in [2.75, 3.05) is 0 Å². The molecular formula is C10H17N3OS. The third-order valence-electron chi connectivity index (χ3n) is 2.48. The van der Waals surface area contributed by atoms with Crippen LogP contribution in [0.1, 0.15) is 33.6 Å². The highest BCUT2D eigenvalue weighted by Gasteiger charge is 2.34. The van der Waals surface area contributed by atoms with E-state index in [2.05, 4.69) is 36.6 Å². The third kappa shape index (κ3) is 2.65. The van der Waals surface area contributed by atoms with Crippen molar-refractivity contribution in [3.05, 3.63) is 0 Å². The topological polar surface area (TPSA) is 53.5 Å². The molecule has 1 aliphatic carbocycles. The highest BCUT2D eigenvalue weighted by Crippen LogP contribution is 2.33. The van der Waals surface area contributed by atoms with Gasteiger partial charge in [-0.15, -0.1) is 0 Å². The van der Waals surface area contributed by atoms with E-state index < -0.39 is 0 Å². The van der Waals surface area contributed by atoms with E-state index in [1.54, 1.807) is 11.8 Å². The van der Waals surface area contributed by atoms with Gasteiger partial charge in [0.1, 0.15) is 5.37 Å². The summed E-state index contributed by atoms with van der Waals surface area (Å²) in [6, 6.07) is 0. The molecule has 0 aromatic rings. The first kappa shape index (κ1) is 10.8. The molecule has 1 aliphatic heterocycles. The maximum Gasteiger partial charge on any atom is 0.229 e. The van der Waals surface area contributed by atoms with Crippen molar-refractivity contribution in [1.29, 1.82) is 0 Å². The molecule has 0 aromatic carbocycles. The molecule has 1 saturated carbocycles. The number of nitrogens with zero attached hydrogens (tertiary/aromatic N) is 1. The maximum absolute atomic E-state index is 11.5. The second-order valence-corrected chi connectivity index (χ2v) is 6.27. The van der Waals surface area contributed by atoms with E-state index >= 15 is 0 Å². The minimum Gasteiger partial charge on any atom is -0.303 e. The number of carbonyl (C=O) groups is 1. The number of carbonyl (C=O) groups excluding carboxylic acids is 1. The molecule has 2 rings (SSSR count). The van der Waals surface area contributed by atoms with Crippen molar-refractivity contribution >= 4 is 22.8 Å². The fourth-order valence-corrected chi connectivity index (χ4v) is 2.21. The Kier molecular flexibility index (Phi) is 2.66. The first-order chi connectivity index (χ1) is 6.97. The van der Waals surface area contributed by atoms with Gasteiger partial charge in [0.05, 0.1) is 0 Å². The zero-order valence-electron chi connectivity index (χ0n) is 9.33. The first-order valence-corrected chi connectivity index (χ1v) is 6.15. The standard InChI is InChI=1S/C10H17N3OS/c1-10(2,3)8-12-13-9(15-8)11-7(14)6-4-5-6/h6,8,12H,4-5H2,1-3H3,(H,11,13,14). The molecular weight excluding hydrogens is 210 g/mol. The van der Waals surface area contributed by atoms with Gasteiger partial charge in [0, 0.05) is 5.92 Å². The largest absolute Gasteiger partial charge is 0.303 e. The predicted molar refractivity (Wildman–Crippen MR) is 62.3 cm³/mol. The summed E-state index contributed by atoms with van der Waals surface area (Å²) in [7, 11) is 0. The van der Waals surface area contributed by atoms with Crippen molar-refractivity contribution in [2.24, 2.45) is 16.4 Å². The minimum absolute atomic E-state index is 0.123. The van der Waals surface area contributed by atoms with Crippen molar-refractivity contribution < 1.29 is 4.79 Å². The highest BCUT2D eigenvalue weighted by atomic mass is 32.2. The SMILES string of the molecule is CC(C)(C)C1NN=C(NC(=O)C2CC2)S1. The summed E-state index contributed by atoms with van der Waals surface area (Å²) in [5.41, 5.74) is 3.19. The van der Waals surface area contributed by atoms with Crippen LogP contribution < -0.4 is 10.7 Å². The van der Waals surface area contributed by atoms with Crippen molar-refractivity contribution in [3.8, 4) is 0 Å². The Hall–Kier alpha value is -0.710. The lowest BCUT2D eigenvalue weighted by atomic mass is 9.97. The van der Waals surface area contributed by atoms with Crippen LogP contribution in [0.2, 0.25) is 0 Å². The van der Waals surface area contributed by atoms with Gasteiger partial charge in [0.25, 0.3) is 0 Å². The minimum atomic E-state index is 0.123. The van der Waals surface area contributed by atoms with E-state index in [1.807, 2.05) is 0 Å².